The van der Waals surface area contributed by atoms with Gasteiger partial charge in [0.05, 0.1) is 11.9 Å². The van der Waals surface area contributed by atoms with Crippen LogP contribution in [-0.4, -0.2) is 35.6 Å². The van der Waals surface area contributed by atoms with E-state index in [0.29, 0.717) is 6.04 Å². The second-order valence-corrected chi connectivity index (χ2v) is 5.80. The van der Waals surface area contributed by atoms with Gasteiger partial charge in [0.15, 0.2) is 0 Å². The molecular formula is C15H25N3. The maximum Gasteiger partial charge on any atom is 0.0558 e. The van der Waals surface area contributed by atoms with Gasteiger partial charge in [0.1, 0.15) is 0 Å². The lowest BCUT2D eigenvalue weighted by Crippen LogP contribution is -2.40. The smallest absolute Gasteiger partial charge is 0.0558 e. The maximum absolute atomic E-state index is 4.19. The first kappa shape index (κ1) is 13.3. The molecule has 2 heterocycles. The van der Waals surface area contributed by atoms with Crippen LogP contribution >= 0.6 is 0 Å². The highest BCUT2D eigenvalue weighted by molar-refractivity contribution is 5.48. The molecule has 0 atom stereocenters. The molecule has 1 N–H and O–H groups in total. The van der Waals surface area contributed by atoms with E-state index < -0.39 is 0 Å². The zero-order chi connectivity index (χ0) is 13.0. The van der Waals surface area contributed by atoms with Gasteiger partial charge in [0.2, 0.25) is 0 Å². The summed E-state index contributed by atoms with van der Waals surface area (Å²) in [5.74, 6) is 0.773. The molecular weight excluding hydrogens is 222 g/mol. The first-order chi connectivity index (χ1) is 8.65. The number of hydrogen-bond acceptors (Lipinski definition) is 3. The second-order valence-electron chi connectivity index (χ2n) is 5.80. The first-order valence-electron chi connectivity index (χ1n) is 7.04. The van der Waals surface area contributed by atoms with Gasteiger partial charge in [-0.15, -0.1) is 0 Å². The van der Waals surface area contributed by atoms with Crippen molar-refractivity contribution in [1.29, 1.82) is 0 Å². The van der Waals surface area contributed by atoms with Crippen LogP contribution in [0.1, 0.15) is 32.3 Å². The Kier molecular flexibility index (Phi) is 4.59. The number of aryl methyl sites for hydroxylation is 1. The minimum Gasteiger partial charge on any atom is -0.381 e. The number of nitrogens with one attached hydrogen (secondary N) is 1. The number of hydrogen-bond donors (Lipinski definition) is 1. The quantitative estimate of drug-likeness (QED) is 0.886. The summed E-state index contributed by atoms with van der Waals surface area (Å²) in [5, 5.41) is 3.63. The predicted molar refractivity (Wildman–Crippen MR) is 76.9 cm³/mol. The SMILES string of the molecule is Cc1ccncc1NC1CCN(CC(C)C)CC1. The lowest BCUT2D eigenvalue weighted by molar-refractivity contribution is 0.198. The van der Waals surface area contributed by atoms with Crippen molar-refractivity contribution >= 4 is 5.69 Å². The summed E-state index contributed by atoms with van der Waals surface area (Å²) in [6, 6.07) is 2.67. The maximum atomic E-state index is 4.19. The van der Waals surface area contributed by atoms with Gasteiger partial charge in [-0.1, -0.05) is 13.8 Å². The molecule has 1 aromatic heterocycles. The molecule has 0 amide bonds. The fourth-order valence-electron chi connectivity index (χ4n) is 2.61. The zero-order valence-corrected chi connectivity index (χ0v) is 11.8. The number of rotatable bonds is 4. The summed E-state index contributed by atoms with van der Waals surface area (Å²) in [4.78, 5) is 6.77. The van der Waals surface area contributed by atoms with E-state index in [-0.39, 0.29) is 0 Å². The number of anilines is 1. The topological polar surface area (TPSA) is 28.2 Å². The number of pyridine rings is 1. The van der Waals surface area contributed by atoms with Crippen molar-refractivity contribution in [3.63, 3.8) is 0 Å². The average Bonchev–Trinajstić information content (AvgIpc) is 2.34. The highest BCUT2D eigenvalue weighted by atomic mass is 15.1. The Morgan fingerprint density at radius 3 is 2.72 bits per heavy atom. The van der Waals surface area contributed by atoms with Crippen LogP contribution in [0, 0.1) is 12.8 Å². The van der Waals surface area contributed by atoms with Crippen LogP contribution in [0.5, 0.6) is 0 Å². The zero-order valence-electron chi connectivity index (χ0n) is 11.8. The molecule has 0 bridgehead atoms. The number of piperidine rings is 1. The van der Waals surface area contributed by atoms with E-state index in [1.165, 1.54) is 43.7 Å². The van der Waals surface area contributed by atoms with Gasteiger partial charge in [0.25, 0.3) is 0 Å². The largest absolute Gasteiger partial charge is 0.381 e. The molecule has 1 aromatic rings. The third-order valence-electron chi connectivity index (χ3n) is 3.61. The van der Waals surface area contributed by atoms with E-state index in [1.807, 2.05) is 12.4 Å². The van der Waals surface area contributed by atoms with Gasteiger partial charge in [-0.3, -0.25) is 4.98 Å². The molecule has 3 nitrogen and oxygen atoms in total. The summed E-state index contributed by atoms with van der Waals surface area (Å²) in [6.07, 6.45) is 6.27. The van der Waals surface area contributed by atoms with E-state index in [2.05, 4.69) is 42.0 Å². The van der Waals surface area contributed by atoms with Crippen molar-refractivity contribution in [2.24, 2.45) is 5.92 Å². The van der Waals surface area contributed by atoms with Crippen molar-refractivity contribution in [2.75, 3.05) is 25.0 Å². The Labute approximate surface area is 111 Å². The molecule has 1 fully saturated rings. The molecule has 0 aliphatic carbocycles. The van der Waals surface area contributed by atoms with Crippen LogP contribution in [0.25, 0.3) is 0 Å². The van der Waals surface area contributed by atoms with E-state index in [0.717, 1.165) is 5.92 Å². The van der Waals surface area contributed by atoms with Crippen molar-refractivity contribution in [1.82, 2.24) is 9.88 Å². The predicted octanol–water partition coefficient (Wildman–Crippen LogP) is 2.92. The third kappa shape index (κ3) is 3.70. The Balaban J connectivity index is 1.82. The lowest BCUT2D eigenvalue weighted by atomic mass is 10.0. The molecule has 1 aliphatic rings. The van der Waals surface area contributed by atoms with Crippen molar-refractivity contribution in [2.45, 2.75) is 39.7 Å². The van der Waals surface area contributed by atoms with E-state index in [9.17, 15) is 0 Å². The minimum atomic E-state index is 0.608. The Morgan fingerprint density at radius 1 is 1.39 bits per heavy atom. The minimum absolute atomic E-state index is 0.608. The van der Waals surface area contributed by atoms with Gasteiger partial charge >= 0.3 is 0 Å². The molecule has 2 rings (SSSR count). The molecule has 0 unspecified atom stereocenters. The van der Waals surface area contributed by atoms with Crippen LogP contribution in [0.3, 0.4) is 0 Å². The van der Waals surface area contributed by atoms with E-state index in [4.69, 9.17) is 0 Å². The standard InChI is InChI=1S/C15H25N3/c1-12(2)11-18-8-5-14(6-9-18)17-15-10-16-7-4-13(15)3/h4,7,10,12,14,17H,5-6,8-9,11H2,1-3H3. The number of aromatic nitrogens is 1. The molecule has 0 saturated carbocycles. The summed E-state index contributed by atoms with van der Waals surface area (Å²) in [5.41, 5.74) is 2.48. The molecule has 1 saturated heterocycles. The molecule has 0 radical (unpaired) electrons. The molecule has 3 heteroatoms. The monoisotopic (exact) mass is 247 g/mol. The fraction of sp³-hybridized carbons (Fsp3) is 0.667. The van der Waals surface area contributed by atoms with Crippen molar-refractivity contribution < 1.29 is 0 Å². The summed E-state index contributed by atoms with van der Waals surface area (Å²) < 4.78 is 0. The van der Waals surface area contributed by atoms with Gasteiger partial charge in [-0.25, -0.2) is 0 Å². The Bertz CT molecular complexity index is 368. The normalized spacial score (nSPS) is 18.2. The molecule has 18 heavy (non-hydrogen) atoms. The van der Waals surface area contributed by atoms with Crippen LogP contribution < -0.4 is 5.32 Å². The number of likely N-dealkylation sites (tertiary alicyclic amines) is 1. The van der Waals surface area contributed by atoms with Gasteiger partial charge in [-0.2, -0.15) is 0 Å². The van der Waals surface area contributed by atoms with Crippen LogP contribution in [0.4, 0.5) is 5.69 Å². The highest BCUT2D eigenvalue weighted by Crippen LogP contribution is 2.19. The Morgan fingerprint density at radius 2 is 2.11 bits per heavy atom. The molecule has 100 valence electrons. The number of nitrogens with zero attached hydrogens (tertiary/aromatic N) is 2. The van der Waals surface area contributed by atoms with Crippen LogP contribution in [0.15, 0.2) is 18.5 Å². The first-order valence-corrected chi connectivity index (χ1v) is 7.04. The summed E-state index contributed by atoms with van der Waals surface area (Å²) >= 11 is 0. The van der Waals surface area contributed by atoms with E-state index in [1.54, 1.807) is 0 Å². The third-order valence-corrected chi connectivity index (χ3v) is 3.61. The van der Waals surface area contributed by atoms with Gasteiger partial charge < -0.3 is 10.2 Å². The van der Waals surface area contributed by atoms with Crippen LogP contribution in [-0.2, 0) is 0 Å². The van der Waals surface area contributed by atoms with Gasteiger partial charge in [0, 0.05) is 31.9 Å². The fourth-order valence-corrected chi connectivity index (χ4v) is 2.61. The molecule has 0 aromatic carbocycles. The van der Waals surface area contributed by atoms with Crippen molar-refractivity contribution in [3.05, 3.63) is 24.0 Å². The van der Waals surface area contributed by atoms with E-state index >= 15 is 0 Å². The van der Waals surface area contributed by atoms with Crippen molar-refractivity contribution in [3.8, 4) is 0 Å². The highest BCUT2D eigenvalue weighted by Gasteiger charge is 2.19. The average molecular weight is 247 g/mol. The summed E-state index contributed by atoms with van der Waals surface area (Å²) in [7, 11) is 0. The molecule has 0 spiro atoms. The lowest BCUT2D eigenvalue weighted by Gasteiger charge is -2.33. The molecule has 1 aliphatic heterocycles. The van der Waals surface area contributed by atoms with Gasteiger partial charge in [-0.05, 0) is 37.3 Å². The van der Waals surface area contributed by atoms with Crippen LogP contribution in [0.2, 0.25) is 0 Å². The summed E-state index contributed by atoms with van der Waals surface area (Å²) in [6.45, 7) is 10.4. The Hall–Kier alpha value is -1.09. The second kappa shape index (κ2) is 6.19.